The number of aryl methyl sites for hydroxylation is 1. The Morgan fingerprint density at radius 3 is 2.55 bits per heavy atom. The van der Waals surface area contributed by atoms with Crippen LogP contribution in [0.15, 0.2) is 42.5 Å². The molecule has 3 rings (SSSR count). The predicted octanol–water partition coefficient (Wildman–Crippen LogP) is 3.26. The highest BCUT2D eigenvalue weighted by Gasteiger charge is 2.29. The molecule has 0 saturated carbocycles. The number of hydrogen-bond donors (Lipinski definition) is 2. The number of rotatable bonds is 6. The van der Waals surface area contributed by atoms with Crippen molar-refractivity contribution in [1.82, 2.24) is 10.2 Å². The van der Waals surface area contributed by atoms with Gasteiger partial charge < -0.3 is 16.0 Å². The van der Waals surface area contributed by atoms with Crippen molar-refractivity contribution in [1.29, 1.82) is 0 Å². The average molecular weight is 397 g/mol. The molecule has 2 aromatic rings. The zero-order chi connectivity index (χ0) is 20.8. The van der Waals surface area contributed by atoms with Gasteiger partial charge in [-0.2, -0.15) is 0 Å². The summed E-state index contributed by atoms with van der Waals surface area (Å²) in [5, 5.41) is 2.83. The number of hydrogen-bond acceptors (Lipinski definition) is 3. The van der Waals surface area contributed by atoms with Crippen LogP contribution in [-0.2, 0) is 4.79 Å². The molecule has 0 aliphatic carbocycles. The Balaban J connectivity index is 1.75. The van der Waals surface area contributed by atoms with Crippen molar-refractivity contribution in [3.05, 3.63) is 59.4 Å². The van der Waals surface area contributed by atoms with Crippen LogP contribution < -0.4 is 11.1 Å². The summed E-state index contributed by atoms with van der Waals surface area (Å²) < 4.78 is 14.8. The van der Waals surface area contributed by atoms with Gasteiger partial charge in [0.1, 0.15) is 5.82 Å². The van der Waals surface area contributed by atoms with Crippen molar-refractivity contribution in [2.75, 3.05) is 19.6 Å². The first kappa shape index (κ1) is 21.0. The number of nitrogens with two attached hydrogens (primary N) is 1. The zero-order valence-electron chi connectivity index (χ0n) is 16.8. The smallest absolute Gasteiger partial charge is 0.257 e. The van der Waals surface area contributed by atoms with Crippen LogP contribution in [0.5, 0.6) is 0 Å². The first-order chi connectivity index (χ1) is 14.0. The van der Waals surface area contributed by atoms with Gasteiger partial charge in [-0.25, -0.2) is 4.39 Å². The SMILES string of the molecule is Cc1ccc(-c2ccc(C(=O)N3CCCCC3CNC(=O)CCN)c(F)c2)cc1. The molecule has 29 heavy (non-hydrogen) atoms. The number of nitrogens with one attached hydrogen (secondary N) is 1. The van der Waals surface area contributed by atoms with Gasteiger partial charge >= 0.3 is 0 Å². The van der Waals surface area contributed by atoms with E-state index in [1.165, 1.54) is 6.07 Å². The summed E-state index contributed by atoms with van der Waals surface area (Å²) >= 11 is 0. The van der Waals surface area contributed by atoms with Gasteiger partial charge in [0, 0.05) is 32.1 Å². The minimum atomic E-state index is -0.524. The van der Waals surface area contributed by atoms with Crippen LogP contribution in [0.3, 0.4) is 0 Å². The molecule has 1 aliphatic rings. The van der Waals surface area contributed by atoms with E-state index < -0.39 is 5.82 Å². The number of benzene rings is 2. The van der Waals surface area contributed by atoms with Crippen molar-refractivity contribution in [2.45, 2.75) is 38.6 Å². The highest BCUT2D eigenvalue weighted by atomic mass is 19.1. The topological polar surface area (TPSA) is 75.4 Å². The summed E-state index contributed by atoms with van der Waals surface area (Å²) in [5.41, 5.74) is 8.25. The summed E-state index contributed by atoms with van der Waals surface area (Å²) in [6, 6.07) is 12.5. The Labute approximate surface area is 171 Å². The van der Waals surface area contributed by atoms with E-state index >= 15 is 0 Å². The second-order valence-corrected chi connectivity index (χ2v) is 7.55. The van der Waals surface area contributed by atoms with Gasteiger partial charge in [0.05, 0.1) is 5.56 Å². The maximum absolute atomic E-state index is 14.8. The van der Waals surface area contributed by atoms with E-state index in [4.69, 9.17) is 5.73 Å². The van der Waals surface area contributed by atoms with Gasteiger partial charge in [-0.05, 0) is 49.4 Å². The van der Waals surface area contributed by atoms with Gasteiger partial charge in [-0.15, -0.1) is 0 Å². The summed E-state index contributed by atoms with van der Waals surface area (Å²) in [5.74, 6) is -0.973. The number of carbonyl (C=O) groups excluding carboxylic acids is 2. The molecule has 0 aromatic heterocycles. The molecule has 0 spiro atoms. The normalized spacial score (nSPS) is 16.5. The molecular formula is C23H28FN3O2. The fourth-order valence-corrected chi connectivity index (χ4v) is 3.70. The fourth-order valence-electron chi connectivity index (χ4n) is 3.70. The van der Waals surface area contributed by atoms with Crippen LogP contribution >= 0.6 is 0 Å². The molecule has 2 aromatic carbocycles. The first-order valence-electron chi connectivity index (χ1n) is 10.1. The highest BCUT2D eigenvalue weighted by Crippen LogP contribution is 2.25. The number of amides is 2. The molecular weight excluding hydrogens is 369 g/mol. The quantitative estimate of drug-likeness (QED) is 0.786. The van der Waals surface area contributed by atoms with E-state index in [1.807, 2.05) is 31.2 Å². The van der Waals surface area contributed by atoms with E-state index in [1.54, 1.807) is 17.0 Å². The number of piperidine rings is 1. The molecule has 3 N–H and O–H groups in total. The van der Waals surface area contributed by atoms with E-state index in [9.17, 15) is 14.0 Å². The lowest BCUT2D eigenvalue weighted by atomic mass is 9.98. The first-order valence-corrected chi connectivity index (χ1v) is 10.1. The average Bonchev–Trinajstić information content (AvgIpc) is 2.73. The number of nitrogens with zero attached hydrogens (tertiary/aromatic N) is 1. The molecule has 5 nitrogen and oxygen atoms in total. The number of halogens is 1. The van der Waals surface area contributed by atoms with Crippen molar-refractivity contribution in [3.8, 4) is 11.1 Å². The second-order valence-electron chi connectivity index (χ2n) is 7.55. The molecule has 1 fully saturated rings. The Hall–Kier alpha value is -2.73. The van der Waals surface area contributed by atoms with Crippen LogP contribution in [0.4, 0.5) is 4.39 Å². The molecule has 6 heteroatoms. The maximum atomic E-state index is 14.8. The third kappa shape index (κ3) is 5.21. The standard InChI is InChI=1S/C23H28FN3O2/c1-16-5-7-17(8-6-16)18-9-10-20(21(24)14-18)23(29)27-13-3-2-4-19(27)15-26-22(28)11-12-25/h5-10,14,19H,2-4,11-13,15,25H2,1H3,(H,26,28). The van der Waals surface area contributed by atoms with Gasteiger partial charge in [-0.3, -0.25) is 9.59 Å². The molecule has 154 valence electrons. The zero-order valence-corrected chi connectivity index (χ0v) is 16.8. The Morgan fingerprint density at radius 2 is 1.86 bits per heavy atom. The Morgan fingerprint density at radius 1 is 1.14 bits per heavy atom. The number of likely N-dealkylation sites (tertiary alicyclic amines) is 1. The van der Waals surface area contributed by atoms with Gasteiger partial charge in [-0.1, -0.05) is 35.9 Å². The van der Waals surface area contributed by atoms with E-state index in [0.29, 0.717) is 13.1 Å². The lowest BCUT2D eigenvalue weighted by Crippen LogP contribution is -2.49. The molecule has 1 heterocycles. The minimum absolute atomic E-state index is 0.0704. The third-order valence-corrected chi connectivity index (χ3v) is 5.38. The van der Waals surface area contributed by atoms with E-state index in [2.05, 4.69) is 5.32 Å². The van der Waals surface area contributed by atoms with Crippen molar-refractivity contribution >= 4 is 11.8 Å². The monoisotopic (exact) mass is 397 g/mol. The van der Waals surface area contributed by atoms with E-state index in [0.717, 1.165) is 36.0 Å². The highest BCUT2D eigenvalue weighted by molar-refractivity contribution is 5.95. The molecule has 1 saturated heterocycles. The molecule has 1 aliphatic heterocycles. The fraction of sp³-hybridized carbons (Fsp3) is 0.391. The Kier molecular flexibility index (Phi) is 6.99. The lowest BCUT2D eigenvalue weighted by Gasteiger charge is -2.36. The summed E-state index contributed by atoms with van der Waals surface area (Å²) in [7, 11) is 0. The molecule has 1 atom stereocenters. The van der Waals surface area contributed by atoms with E-state index in [-0.39, 0.29) is 36.4 Å². The van der Waals surface area contributed by atoms with Crippen LogP contribution in [-0.4, -0.2) is 42.4 Å². The largest absolute Gasteiger partial charge is 0.354 e. The molecule has 0 radical (unpaired) electrons. The van der Waals surface area contributed by atoms with Crippen LogP contribution in [0, 0.1) is 12.7 Å². The molecule has 0 bridgehead atoms. The predicted molar refractivity (Wildman–Crippen MR) is 112 cm³/mol. The van der Waals surface area contributed by atoms with Crippen LogP contribution in [0.1, 0.15) is 41.6 Å². The van der Waals surface area contributed by atoms with Crippen LogP contribution in [0.2, 0.25) is 0 Å². The molecule has 1 unspecified atom stereocenters. The van der Waals surface area contributed by atoms with Crippen molar-refractivity contribution in [2.24, 2.45) is 5.73 Å². The Bertz CT molecular complexity index is 867. The summed E-state index contributed by atoms with van der Waals surface area (Å²) in [4.78, 5) is 26.5. The van der Waals surface area contributed by atoms with Crippen LogP contribution in [0.25, 0.3) is 11.1 Å². The van der Waals surface area contributed by atoms with Crippen molar-refractivity contribution < 1.29 is 14.0 Å². The molecule has 2 amide bonds. The summed E-state index contributed by atoms with van der Waals surface area (Å²) in [6.45, 7) is 3.22. The second kappa shape index (κ2) is 9.65. The third-order valence-electron chi connectivity index (χ3n) is 5.38. The maximum Gasteiger partial charge on any atom is 0.257 e. The van der Waals surface area contributed by atoms with Gasteiger partial charge in [0.2, 0.25) is 5.91 Å². The van der Waals surface area contributed by atoms with Crippen molar-refractivity contribution in [3.63, 3.8) is 0 Å². The van der Waals surface area contributed by atoms with Gasteiger partial charge in [0.15, 0.2) is 0 Å². The minimum Gasteiger partial charge on any atom is -0.354 e. The lowest BCUT2D eigenvalue weighted by molar-refractivity contribution is -0.121. The van der Waals surface area contributed by atoms with Gasteiger partial charge in [0.25, 0.3) is 5.91 Å². The number of carbonyl (C=O) groups is 2. The summed E-state index contributed by atoms with van der Waals surface area (Å²) in [6.07, 6.45) is 2.91.